The molecule has 0 bridgehead atoms. The molecule has 0 spiro atoms. The van der Waals surface area contributed by atoms with Crippen molar-refractivity contribution < 1.29 is 9.15 Å². The molecular weight excluding hydrogens is 380 g/mol. The lowest BCUT2D eigenvalue weighted by molar-refractivity contribution is 0.415. The number of methoxy groups -OCH3 is 1. The summed E-state index contributed by atoms with van der Waals surface area (Å²) in [6.45, 7) is 0.601. The minimum atomic E-state index is 0.601. The van der Waals surface area contributed by atoms with Crippen LogP contribution in [-0.2, 0) is 6.54 Å². The first-order chi connectivity index (χ1) is 13.2. The zero-order valence-electron chi connectivity index (χ0n) is 14.6. The van der Waals surface area contributed by atoms with Gasteiger partial charge in [-0.2, -0.15) is 0 Å². The normalized spacial score (nSPS) is 11.7. The Morgan fingerprint density at radius 2 is 1.85 bits per heavy atom. The molecule has 27 heavy (non-hydrogen) atoms. The second-order valence-electron chi connectivity index (χ2n) is 5.89. The van der Waals surface area contributed by atoms with E-state index in [2.05, 4.69) is 9.95 Å². The second-order valence-corrected chi connectivity index (χ2v) is 7.16. The molecule has 2 aromatic heterocycles. The number of furan rings is 1. The van der Waals surface area contributed by atoms with Crippen LogP contribution in [0.3, 0.4) is 0 Å². The van der Waals surface area contributed by atoms with Crippen molar-refractivity contribution in [2.24, 2.45) is 4.99 Å². The van der Waals surface area contributed by atoms with Gasteiger partial charge >= 0.3 is 0 Å². The Bertz CT molecular complexity index is 1080. The van der Waals surface area contributed by atoms with Crippen LogP contribution in [0.5, 0.6) is 5.75 Å². The maximum absolute atomic E-state index is 6.04. The standard InChI is InChI=1S/C21H17ClN2O2S/c1-25-18-10-8-17(9-11-18)23-21-24(13-19-3-2-12-26-19)20(14-27-21)15-4-6-16(22)7-5-15/h2-12,14H,13H2,1H3. The minimum Gasteiger partial charge on any atom is -0.497 e. The molecule has 0 unspecified atom stereocenters. The molecule has 0 fully saturated rings. The topological polar surface area (TPSA) is 39.7 Å². The Morgan fingerprint density at radius 1 is 1.07 bits per heavy atom. The quantitative estimate of drug-likeness (QED) is 0.430. The summed E-state index contributed by atoms with van der Waals surface area (Å²) >= 11 is 7.64. The lowest BCUT2D eigenvalue weighted by Crippen LogP contribution is -2.16. The lowest BCUT2D eigenvalue weighted by atomic mass is 10.2. The van der Waals surface area contributed by atoms with E-state index in [1.54, 1.807) is 24.7 Å². The Morgan fingerprint density at radius 3 is 2.52 bits per heavy atom. The van der Waals surface area contributed by atoms with Gasteiger partial charge in [-0.25, -0.2) is 4.99 Å². The number of benzene rings is 2. The van der Waals surface area contributed by atoms with Gasteiger partial charge in [0.1, 0.15) is 11.5 Å². The molecule has 0 saturated carbocycles. The van der Waals surface area contributed by atoms with Gasteiger partial charge in [0.15, 0.2) is 4.80 Å². The fraction of sp³-hybridized carbons (Fsp3) is 0.0952. The molecule has 0 radical (unpaired) electrons. The Labute approximate surface area is 166 Å². The van der Waals surface area contributed by atoms with Crippen molar-refractivity contribution in [2.75, 3.05) is 7.11 Å². The average Bonchev–Trinajstić information content (AvgIpc) is 3.34. The molecule has 4 nitrogen and oxygen atoms in total. The molecule has 6 heteroatoms. The first kappa shape index (κ1) is 17.6. The van der Waals surface area contributed by atoms with Crippen molar-refractivity contribution >= 4 is 28.6 Å². The maximum Gasteiger partial charge on any atom is 0.190 e. The van der Waals surface area contributed by atoms with Gasteiger partial charge in [-0.1, -0.05) is 23.7 Å². The molecule has 0 saturated heterocycles. The summed E-state index contributed by atoms with van der Waals surface area (Å²) in [6.07, 6.45) is 1.69. The van der Waals surface area contributed by atoms with E-state index in [4.69, 9.17) is 25.7 Å². The van der Waals surface area contributed by atoms with Crippen LogP contribution >= 0.6 is 22.9 Å². The molecule has 2 aromatic carbocycles. The SMILES string of the molecule is COc1ccc(N=c2scc(-c3ccc(Cl)cc3)n2Cc2ccco2)cc1. The number of nitrogens with zero attached hydrogens (tertiary/aromatic N) is 2. The van der Waals surface area contributed by atoms with E-state index in [0.717, 1.165) is 38.3 Å². The Balaban J connectivity index is 1.80. The van der Waals surface area contributed by atoms with Crippen LogP contribution in [0.4, 0.5) is 5.69 Å². The Kier molecular flexibility index (Phi) is 5.14. The molecule has 4 rings (SSSR count). The Hall–Kier alpha value is -2.76. The summed E-state index contributed by atoms with van der Waals surface area (Å²) in [7, 11) is 1.65. The largest absolute Gasteiger partial charge is 0.497 e. The average molecular weight is 397 g/mol. The van der Waals surface area contributed by atoms with Crippen LogP contribution in [0.15, 0.2) is 81.7 Å². The van der Waals surface area contributed by atoms with Gasteiger partial charge in [-0.3, -0.25) is 0 Å². The van der Waals surface area contributed by atoms with E-state index in [-0.39, 0.29) is 0 Å². The van der Waals surface area contributed by atoms with Gasteiger partial charge < -0.3 is 13.7 Å². The van der Waals surface area contributed by atoms with E-state index >= 15 is 0 Å². The van der Waals surface area contributed by atoms with Crippen molar-refractivity contribution in [3.63, 3.8) is 0 Å². The maximum atomic E-state index is 6.04. The van der Waals surface area contributed by atoms with Crippen molar-refractivity contribution in [3.05, 3.63) is 87.9 Å². The smallest absolute Gasteiger partial charge is 0.190 e. The van der Waals surface area contributed by atoms with Gasteiger partial charge in [-0.05, 0) is 54.1 Å². The highest BCUT2D eigenvalue weighted by atomic mass is 35.5. The van der Waals surface area contributed by atoms with Crippen molar-refractivity contribution in [2.45, 2.75) is 6.54 Å². The van der Waals surface area contributed by atoms with Crippen LogP contribution in [0, 0.1) is 0 Å². The summed E-state index contributed by atoms with van der Waals surface area (Å²) in [4.78, 5) is 5.71. The van der Waals surface area contributed by atoms with Gasteiger partial charge in [0, 0.05) is 10.4 Å². The monoisotopic (exact) mass is 396 g/mol. The molecule has 2 heterocycles. The highest BCUT2D eigenvalue weighted by Gasteiger charge is 2.10. The summed E-state index contributed by atoms with van der Waals surface area (Å²) in [5, 5.41) is 2.82. The van der Waals surface area contributed by atoms with E-state index in [0.29, 0.717) is 6.54 Å². The summed E-state index contributed by atoms with van der Waals surface area (Å²) in [5.41, 5.74) is 3.02. The summed E-state index contributed by atoms with van der Waals surface area (Å²) < 4.78 is 12.9. The minimum absolute atomic E-state index is 0.601. The second kappa shape index (κ2) is 7.86. The van der Waals surface area contributed by atoms with Gasteiger partial charge in [-0.15, -0.1) is 11.3 Å². The van der Waals surface area contributed by atoms with E-state index in [1.807, 2.05) is 60.7 Å². The predicted molar refractivity (Wildman–Crippen MR) is 109 cm³/mol. The highest BCUT2D eigenvalue weighted by molar-refractivity contribution is 7.07. The zero-order chi connectivity index (χ0) is 18.6. The third-order valence-corrected chi connectivity index (χ3v) is 5.24. The molecule has 4 aromatic rings. The number of aromatic nitrogens is 1. The molecule has 0 aliphatic rings. The van der Waals surface area contributed by atoms with E-state index in [1.165, 1.54) is 0 Å². The first-order valence-corrected chi connectivity index (χ1v) is 9.64. The molecule has 136 valence electrons. The third-order valence-electron chi connectivity index (χ3n) is 4.13. The van der Waals surface area contributed by atoms with Gasteiger partial charge in [0.25, 0.3) is 0 Å². The molecule has 0 atom stereocenters. The van der Waals surface area contributed by atoms with Crippen LogP contribution in [0.25, 0.3) is 11.3 Å². The molecule has 0 amide bonds. The van der Waals surface area contributed by atoms with Gasteiger partial charge in [0.05, 0.1) is 31.3 Å². The number of hydrogen-bond donors (Lipinski definition) is 0. The van der Waals surface area contributed by atoms with Crippen molar-refractivity contribution in [3.8, 4) is 17.0 Å². The van der Waals surface area contributed by atoms with Crippen LogP contribution < -0.4 is 9.54 Å². The van der Waals surface area contributed by atoms with Crippen LogP contribution in [-0.4, -0.2) is 11.7 Å². The number of halogens is 1. The molecule has 0 aliphatic heterocycles. The van der Waals surface area contributed by atoms with Crippen molar-refractivity contribution in [1.82, 2.24) is 4.57 Å². The van der Waals surface area contributed by atoms with E-state index < -0.39 is 0 Å². The lowest BCUT2D eigenvalue weighted by Gasteiger charge is -2.08. The summed E-state index contributed by atoms with van der Waals surface area (Å²) in [6, 6.07) is 19.4. The number of hydrogen-bond acceptors (Lipinski definition) is 4. The van der Waals surface area contributed by atoms with E-state index in [9.17, 15) is 0 Å². The number of ether oxygens (including phenoxy) is 1. The number of thiazole rings is 1. The fourth-order valence-electron chi connectivity index (χ4n) is 2.75. The molecule has 0 N–H and O–H groups in total. The molecular formula is C21H17ClN2O2S. The van der Waals surface area contributed by atoms with Crippen LogP contribution in [0.2, 0.25) is 5.02 Å². The third kappa shape index (κ3) is 3.99. The zero-order valence-corrected chi connectivity index (χ0v) is 16.2. The van der Waals surface area contributed by atoms with Gasteiger partial charge in [0.2, 0.25) is 0 Å². The van der Waals surface area contributed by atoms with Crippen molar-refractivity contribution in [1.29, 1.82) is 0 Å². The predicted octanol–water partition coefficient (Wildman–Crippen LogP) is 5.75. The number of rotatable bonds is 5. The molecule has 0 aliphatic carbocycles. The fourth-order valence-corrected chi connectivity index (χ4v) is 3.80. The van der Waals surface area contributed by atoms with Crippen LogP contribution in [0.1, 0.15) is 5.76 Å². The highest BCUT2D eigenvalue weighted by Crippen LogP contribution is 2.24. The summed E-state index contributed by atoms with van der Waals surface area (Å²) in [5.74, 6) is 1.69. The first-order valence-electron chi connectivity index (χ1n) is 8.38.